The van der Waals surface area contributed by atoms with Gasteiger partial charge in [-0.3, -0.25) is 4.57 Å². The number of nitrogens with zero attached hydrogens (tertiary/aromatic N) is 6. The summed E-state index contributed by atoms with van der Waals surface area (Å²) in [6.45, 7) is 8.23. The first-order chi connectivity index (χ1) is 19.0. The standard InChI is InChI=1S/C26H33FN6O5SSi/c1-18(15-23-28-16-19(27)17-29-23)39(34,35)32(12-14-40(4,5)6)26-31-30-25(22-11-8-13-38-22)33(26)24-20(36-2)9-7-10-21(24)37-3/h7-11,13,16-18H,12,14-15H2,1-6H3. The number of benzene rings is 1. The van der Waals surface area contributed by atoms with Crippen LogP contribution in [0.25, 0.3) is 17.3 Å². The molecule has 14 heteroatoms. The number of hydrogen-bond acceptors (Lipinski definition) is 9. The van der Waals surface area contributed by atoms with Crippen molar-refractivity contribution in [3.8, 4) is 28.8 Å². The molecule has 0 N–H and O–H groups in total. The van der Waals surface area contributed by atoms with Crippen LogP contribution in [0.1, 0.15) is 12.7 Å². The first-order valence-electron chi connectivity index (χ1n) is 12.6. The molecule has 0 aliphatic rings. The highest BCUT2D eigenvalue weighted by atomic mass is 32.2. The van der Waals surface area contributed by atoms with Gasteiger partial charge in [-0.2, -0.15) is 0 Å². The number of furan rings is 1. The Bertz CT molecular complexity index is 1520. The van der Waals surface area contributed by atoms with Gasteiger partial charge >= 0.3 is 0 Å². The number of methoxy groups -OCH3 is 2. The van der Waals surface area contributed by atoms with E-state index in [9.17, 15) is 12.8 Å². The monoisotopic (exact) mass is 588 g/mol. The predicted molar refractivity (Wildman–Crippen MR) is 152 cm³/mol. The molecular formula is C26H33FN6O5SSi. The molecule has 0 amide bonds. The molecule has 0 aliphatic heterocycles. The molecule has 3 aromatic heterocycles. The predicted octanol–water partition coefficient (Wildman–Crippen LogP) is 4.58. The van der Waals surface area contributed by atoms with Gasteiger partial charge in [0, 0.05) is 21.0 Å². The van der Waals surface area contributed by atoms with Crippen molar-refractivity contribution in [1.82, 2.24) is 24.7 Å². The molecule has 0 spiro atoms. The summed E-state index contributed by atoms with van der Waals surface area (Å²) in [5, 5.41) is 7.79. The average Bonchev–Trinajstić information content (AvgIpc) is 3.59. The van der Waals surface area contributed by atoms with Crippen LogP contribution in [-0.2, 0) is 16.4 Å². The summed E-state index contributed by atoms with van der Waals surface area (Å²) in [5.41, 5.74) is 0.418. The van der Waals surface area contributed by atoms with Gasteiger partial charge in [0.25, 0.3) is 0 Å². The van der Waals surface area contributed by atoms with Crippen molar-refractivity contribution < 1.29 is 26.7 Å². The molecule has 40 heavy (non-hydrogen) atoms. The Morgan fingerprint density at radius 1 is 1.05 bits per heavy atom. The largest absolute Gasteiger partial charge is 0.494 e. The van der Waals surface area contributed by atoms with Crippen molar-refractivity contribution >= 4 is 24.0 Å². The fraction of sp³-hybridized carbons (Fsp3) is 0.385. The molecule has 1 aromatic carbocycles. The third kappa shape index (κ3) is 6.17. The second kappa shape index (κ2) is 11.8. The second-order valence-corrected chi connectivity index (χ2v) is 18.3. The maximum atomic E-state index is 14.3. The quantitative estimate of drug-likeness (QED) is 0.219. The zero-order valence-electron chi connectivity index (χ0n) is 23.3. The summed E-state index contributed by atoms with van der Waals surface area (Å²) in [5.74, 6) is 1.16. The summed E-state index contributed by atoms with van der Waals surface area (Å²) in [4.78, 5) is 7.91. The van der Waals surface area contributed by atoms with Gasteiger partial charge in [0.1, 0.15) is 23.0 Å². The molecule has 11 nitrogen and oxygen atoms in total. The number of sulfonamides is 1. The van der Waals surface area contributed by atoms with E-state index in [0.29, 0.717) is 29.0 Å². The zero-order valence-corrected chi connectivity index (χ0v) is 25.1. The van der Waals surface area contributed by atoms with Gasteiger partial charge in [0.2, 0.25) is 21.8 Å². The fourth-order valence-electron chi connectivity index (χ4n) is 4.06. The number of halogens is 1. The lowest BCUT2D eigenvalue weighted by molar-refractivity contribution is 0.391. The van der Waals surface area contributed by atoms with Crippen LogP contribution in [-0.4, -0.2) is 67.2 Å². The lowest BCUT2D eigenvalue weighted by Crippen LogP contribution is -2.42. The molecule has 0 saturated heterocycles. The Kier molecular flexibility index (Phi) is 8.59. The first-order valence-corrected chi connectivity index (χ1v) is 17.9. The molecule has 0 saturated carbocycles. The topological polar surface area (TPSA) is 125 Å². The number of para-hydroxylation sites is 1. The van der Waals surface area contributed by atoms with E-state index in [1.165, 1.54) is 24.8 Å². The molecule has 0 fully saturated rings. The van der Waals surface area contributed by atoms with Gasteiger partial charge in [-0.25, -0.2) is 27.1 Å². The molecule has 0 radical (unpaired) electrons. The Balaban J connectivity index is 1.92. The summed E-state index contributed by atoms with van der Waals surface area (Å²) < 4.78 is 61.7. The van der Waals surface area contributed by atoms with Crippen LogP contribution in [0.4, 0.5) is 10.3 Å². The first kappa shape index (κ1) is 29.2. The number of aromatic nitrogens is 5. The van der Waals surface area contributed by atoms with Crippen LogP contribution in [0.15, 0.2) is 53.4 Å². The summed E-state index contributed by atoms with van der Waals surface area (Å²) in [6, 6.07) is 9.31. The summed E-state index contributed by atoms with van der Waals surface area (Å²) >= 11 is 0. The molecule has 0 bridgehead atoms. The van der Waals surface area contributed by atoms with Gasteiger partial charge in [-0.05, 0) is 37.2 Å². The second-order valence-electron chi connectivity index (χ2n) is 10.4. The Labute approximate surface area is 234 Å². The van der Waals surface area contributed by atoms with Crippen molar-refractivity contribution in [3.05, 3.63) is 60.6 Å². The van der Waals surface area contributed by atoms with Gasteiger partial charge in [-0.15, -0.1) is 10.2 Å². The third-order valence-electron chi connectivity index (χ3n) is 6.26. The summed E-state index contributed by atoms with van der Waals surface area (Å²) in [7, 11) is -2.76. The van der Waals surface area contributed by atoms with Gasteiger partial charge in [-0.1, -0.05) is 25.7 Å². The zero-order chi connectivity index (χ0) is 29.1. The minimum atomic E-state index is -4.06. The van der Waals surface area contributed by atoms with Gasteiger partial charge in [0.05, 0.1) is 38.1 Å². The van der Waals surface area contributed by atoms with Gasteiger partial charge in [0.15, 0.2) is 11.6 Å². The van der Waals surface area contributed by atoms with E-state index in [0.717, 1.165) is 12.4 Å². The Hall–Kier alpha value is -3.78. The van der Waals surface area contributed by atoms with E-state index in [2.05, 4.69) is 39.8 Å². The smallest absolute Gasteiger partial charge is 0.246 e. The van der Waals surface area contributed by atoms with E-state index < -0.39 is 29.2 Å². The summed E-state index contributed by atoms with van der Waals surface area (Å²) in [6.07, 6.45) is 3.51. The van der Waals surface area contributed by atoms with Crippen LogP contribution < -0.4 is 13.8 Å². The van der Waals surface area contributed by atoms with E-state index >= 15 is 0 Å². The van der Waals surface area contributed by atoms with Gasteiger partial charge < -0.3 is 13.9 Å². The lowest BCUT2D eigenvalue weighted by Gasteiger charge is -2.29. The van der Waals surface area contributed by atoms with Crippen molar-refractivity contribution in [1.29, 1.82) is 0 Å². The van der Waals surface area contributed by atoms with E-state index in [-0.39, 0.29) is 30.6 Å². The molecule has 1 atom stereocenters. The van der Waals surface area contributed by atoms with Crippen LogP contribution in [0, 0.1) is 5.82 Å². The molecule has 4 aromatic rings. The highest BCUT2D eigenvalue weighted by Gasteiger charge is 2.36. The van der Waals surface area contributed by atoms with E-state index in [4.69, 9.17) is 13.9 Å². The maximum absolute atomic E-state index is 14.3. The molecule has 1 unspecified atom stereocenters. The van der Waals surface area contributed by atoms with Crippen molar-refractivity contribution in [2.24, 2.45) is 0 Å². The van der Waals surface area contributed by atoms with Crippen molar-refractivity contribution in [2.45, 2.75) is 44.3 Å². The van der Waals surface area contributed by atoms with Crippen LogP contribution >= 0.6 is 0 Å². The number of ether oxygens (including phenoxy) is 2. The number of hydrogen-bond donors (Lipinski definition) is 0. The average molecular weight is 589 g/mol. The minimum Gasteiger partial charge on any atom is -0.494 e. The Morgan fingerprint density at radius 3 is 2.25 bits per heavy atom. The molecular weight excluding hydrogens is 555 g/mol. The van der Waals surface area contributed by atoms with Crippen molar-refractivity contribution in [2.75, 3.05) is 25.1 Å². The maximum Gasteiger partial charge on any atom is 0.246 e. The van der Waals surface area contributed by atoms with Crippen LogP contribution in [0.5, 0.6) is 11.5 Å². The number of anilines is 1. The molecule has 4 rings (SSSR count). The SMILES string of the molecule is COc1cccc(OC)c1-n1c(-c2ccco2)nnc1N(CC[Si](C)(C)C)S(=O)(=O)C(C)Cc1ncc(F)cn1. The lowest BCUT2D eigenvalue weighted by atomic mass is 10.2. The van der Waals surface area contributed by atoms with Crippen LogP contribution in [0.3, 0.4) is 0 Å². The highest BCUT2D eigenvalue weighted by molar-refractivity contribution is 7.93. The third-order valence-corrected chi connectivity index (χ3v) is 10.1. The Morgan fingerprint density at radius 2 is 1.70 bits per heavy atom. The van der Waals surface area contributed by atoms with E-state index in [1.807, 2.05) is 0 Å². The molecule has 0 aliphatic carbocycles. The molecule has 214 valence electrons. The molecule has 3 heterocycles. The highest BCUT2D eigenvalue weighted by Crippen LogP contribution is 2.39. The number of rotatable bonds is 12. The van der Waals surface area contributed by atoms with Crippen LogP contribution in [0.2, 0.25) is 25.7 Å². The normalized spacial score (nSPS) is 12.8. The fourth-order valence-corrected chi connectivity index (χ4v) is 6.61. The minimum absolute atomic E-state index is 0.0246. The van der Waals surface area contributed by atoms with Crippen molar-refractivity contribution in [3.63, 3.8) is 0 Å². The van der Waals surface area contributed by atoms with E-state index in [1.54, 1.807) is 41.8 Å².